The summed E-state index contributed by atoms with van der Waals surface area (Å²) in [7, 11) is 1.93. The highest BCUT2D eigenvalue weighted by Gasteiger charge is 2.09. The molecule has 0 atom stereocenters. The zero-order valence-electron chi connectivity index (χ0n) is 8.90. The minimum atomic E-state index is 0.784. The maximum atomic E-state index is 4.38. The quantitative estimate of drug-likeness (QED) is 0.734. The number of benzene rings is 1. The summed E-state index contributed by atoms with van der Waals surface area (Å²) in [5, 5.41) is 4.36. The van der Waals surface area contributed by atoms with Crippen LogP contribution in [0.1, 0.15) is 5.69 Å². The first-order valence-electron chi connectivity index (χ1n) is 5.16. The highest BCUT2D eigenvalue weighted by atomic mass is 32.1. The van der Waals surface area contributed by atoms with Gasteiger partial charge in [0, 0.05) is 16.6 Å². The molecule has 3 aromatic rings. The molecule has 0 aliphatic heterocycles. The molecule has 2 heterocycles. The van der Waals surface area contributed by atoms with Crippen molar-refractivity contribution in [2.45, 2.75) is 6.54 Å². The van der Waals surface area contributed by atoms with E-state index in [0.717, 1.165) is 17.8 Å². The normalized spacial score (nSPS) is 11.3. The molecule has 0 saturated heterocycles. The van der Waals surface area contributed by atoms with Crippen molar-refractivity contribution >= 4 is 31.6 Å². The molecule has 16 heavy (non-hydrogen) atoms. The van der Waals surface area contributed by atoms with E-state index in [-0.39, 0.29) is 0 Å². The summed E-state index contributed by atoms with van der Waals surface area (Å²) in [4.78, 5) is 8.71. The predicted molar refractivity (Wildman–Crippen MR) is 67.7 cm³/mol. The molecule has 0 radical (unpaired) electrons. The fourth-order valence-electron chi connectivity index (χ4n) is 1.86. The van der Waals surface area contributed by atoms with E-state index in [2.05, 4.69) is 33.5 Å². The Hall–Kier alpha value is -1.52. The Morgan fingerprint density at radius 1 is 1.25 bits per heavy atom. The van der Waals surface area contributed by atoms with Crippen molar-refractivity contribution in [3.63, 3.8) is 0 Å². The van der Waals surface area contributed by atoms with Crippen LogP contribution in [0.3, 0.4) is 0 Å². The van der Waals surface area contributed by atoms with Gasteiger partial charge >= 0.3 is 0 Å². The predicted octanol–water partition coefficient (Wildman–Crippen LogP) is 2.56. The van der Waals surface area contributed by atoms with Gasteiger partial charge in [0.05, 0.1) is 15.9 Å². The molecule has 1 N–H and O–H groups in total. The molecule has 80 valence electrons. The Labute approximate surface area is 97.2 Å². The molecule has 0 amide bonds. The maximum absolute atomic E-state index is 4.38. The van der Waals surface area contributed by atoms with Crippen LogP contribution in [0.15, 0.2) is 30.6 Å². The summed E-state index contributed by atoms with van der Waals surface area (Å²) in [6.45, 7) is 0.784. The summed E-state index contributed by atoms with van der Waals surface area (Å²) < 4.78 is 2.47. The van der Waals surface area contributed by atoms with Crippen molar-refractivity contribution in [3.05, 3.63) is 36.3 Å². The van der Waals surface area contributed by atoms with Crippen molar-refractivity contribution in [2.75, 3.05) is 7.05 Å². The lowest BCUT2D eigenvalue weighted by Crippen LogP contribution is -2.06. The van der Waals surface area contributed by atoms with Crippen molar-refractivity contribution in [1.82, 2.24) is 15.3 Å². The maximum Gasteiger partial charge on any atom is 0.116 e. The fourth-order valence-corrected chi connectivity index (χ4v) is 3.01. The van der Waals surface area contributed by atoms with Gasteiger partial charge in [-0.1, -0.05) is 18.2 Å². The average Bonchev–Trinajstić information content (AvgIpc) is 2.69. The van der Waals surface area contributed by atoms with Crippen LogP contribution < -0.4 is 5.32 Å². The molecule has 0 saturated carbocycles. The smallest absolute Gasteiger partial charge is 0.116 e. The minimum absolute atomic E-state index is 0.784. The number of nitrogens with one attached hydrogen (secondary N) is 1. The van der Waals surface area contributed by atoms with E-state index in [0.29, 0.717) is 0 Å². The zero-order chi connectivity index (χ0) is 11.0. The second kappa shape index (κ2) is 3.81. The Morgan fingerprint density at radius 3 is 3.00 bits per heavy atom. The van der Waals surface area contributed by atoms with E-state index in [1.807, 2.05) is 13.1 Å². The zero-order valence-corrected chi connectivity index (χ0v) is 9.71. The highest BCUT2D eigenvalue weighted by Crippen LogP contribution is 2.33. The van der Waals surface area contributed by atoms with Crippen LogP contribution in [0.2, 0.25) is 0 Å². The molecule has 4 heteroatoms. The molecule has 3 nitrogen and oxygen atoms in total. The molecule has 0 bridgehead atoms. The van der Waals surface area contributed by atoms with Gasteiger partial charge in [-0.25, -0.2) is 9.97 Å². The van der Waals surface area contributed by atoms with Crippen LogP contribution in [-0.4, -0.2) is 17.0 Å². The monoisotopic (exact) mass is 229 g/mol. The summed E-state index contributed by atoms with van der Waals surface area (Å²) in [6.07, 6.45) is 1.65. The number of rotatable bonds is 2. The van der Waals surface area contributed by atoms with E-state index >= 15 is 0 Å². The van der Waals surface area contributed by atoms with Crippen molar-refractivity contribution in [2.24, 2.45) is 0 Å². The number of thiophene rings is 1. The molecule has 3 rings (SSSR count). The standard InChI is InChI=1S/C12H11N3S/c1-13-6-9-12-11(15-7-14-9)8-4-2-3-5-10(8)16-12/h2-5,7,13H,6H2,1H3. The molecule has 0 fully saturated rings. The topological polar surface area (TPSA) is 37.8 Å². The van der Waals surface area contributed by atoms with Gasteiger partial charge in [-0.15, -0.1) is 11.3 Å². The van der Waals surface area contributed by atoms with E-state index < -0.39 is 0 Å². The van der Waals surface area contributed by atoms with E-state index in [4.69, 9.17) is 0 Å². The lowest BCUT2D eigenvalue weighted by molar-refractivity contribution is 0.797. The van der Waals surface area contributed by atoms with Crippen LogP contribution in [-0.2, 0) is 6.54 Å². The second-order valence-corrected chi connectivity index (χ2v) is 4.68. The van der Waals surface area contributed by atoms with E-state index in [9.17, 15) is 0 Å². The van der Waals surface area contributed by atoms with Crippen LogP contribution in [0.4, 0.5) is 0 Å². The van der Waals surface area contributed by atoms with Crippen molar-refractivity contribution in [3.8, 4) is 0 Å². The number of fused-ring (bicyclic) bond motifs is 3. The van der Waals surface area contributed by atoms with Crippen LogP contribution in [0.25, 0.3) is 20.3 Å². The third kappa shape index (κ3) is 1.38. The first kappa shape index (κ1) is 9.69. The first-order chi connectivity index (χ1) is 7.90. The van der Waals surface area contributed by atoms with Crippen LogP contribution >= 0.6 is 11.3 Å². The first-order valence-corrected chi connectivity index (χ1v) is 5.97. The highest BCUT2D eigenvalue weighted by molar-refractivity contribution is 7.25. The van der Waals surface area contributed by atoms with Crippen molar-refractivity contribution in [1.29, 1.82) is 0 Å². The minimum Gasteiger partial charge on any atom is -0.314 e. The summed E-state index contributed by atoms with van der Waals surface area (Å²) >= 11 is 1.76. The lowest BCUT2D eigenvalue weighted by Gasteiger charge is -1.99. The number of nitrogens with zero attached hydrogens (tertiary/aromatic N) is 2. The van der Waals surface area contributed by atoms with Gasteiger partial charge in [-0.2, -0.15) is 0 Å². The number of hydrogen-bond donors (Lipinski definition) is 1. The Kier molecular flexibility index (Phi) is 2.31. The number of aromatic nitrogens is 2. The molecule has 0 aliphatic rings. The molecule has 1 aromatic carbocycles. The van der Waals surface area contributed by atoms with Gasteiger partial charge in [-0.05, 0) is 13.1 Å². The van der Waals surface area contributed by atoms with Gasteiger partial charge in [0.25, 0.3) is 0 Å². The van der Waals surface area contributed by atoms with Crippen molar-refractivity contribution < 1.29 is 0 Å². The Balaban J connectivity index is 2.39. The van der Waals surface area contributed by atoms with E-state index in [1.54, 1.807) is 17.7 Å². The molecule has 0 aliphatic carbocycles. The Morgan fingerprint density at radius 2 is 2.12 bits per heavy atom. The van der Waals surface area contributed by atoms with Crippen LogP contribution in [0.5, 0.6) is 0 Å². The second-order valence-electron chi connectivity index (χ2n) is 3.63. The molecular formula is C12H11N3S. The largest absolute Gasteiger partial charge is 0.314 e. The van der Waals surface area contributed by atoms with Gasteiger partial charge in [-0.3, -0.25) is 0 Å². The molecule has 0 spiro atoms. The average molecular weight is 229 g/mol. The molecule has 2 aromatic heterocycles. The fraction of sp³-hybridized carbons (Fsp3) is 0.167. The Bertz CT molecular complexity index is 645. The third-order valence-electron chi connectivity index (χ3n) is 2.58. The van der Waals surface area contributed by atoms with E-state index in [1.165, 1.54) is 14.8 Å². The van der Waals surface area contributed by atoms with Gasteiger partial charge < -0.3 is 5.32 Å². The molecular weight excluding hydrogens is 218 g/mol. The van der Waals surface area contributed by atoms with Gasteiger partial charge in [0.1, 0.15) is 6.33 Å². The summed E-state index contributed by atoms with van der Waals surface area (Å²) in [6, 6.07) is 8.35. The third-order valence-corrected chi connectivity index (χ3v) is 3.79. The van der Waals surface area contributed by atoms with Gasteiger partial charge in [0.2, 0.25) is 0 Å². The van der Waals surface area contributed by atoms with Gasteiger partial charge in [0.15, 0.2) is 0 Å². The summed E-state index contributed by atoms with van der Waals surface area (Å²) in [5.74, 6) is 0. The lowest BCUT2D eigenvalue weighted by atomic mass is 10.2. The SMILES string of the molecule is CNCc1ncnc2c1sc1ccccc12. The summed E-state index contributed by atoms with van der Waals surface area (Å²) in [5.41, 5.74) is 2.15. The molecule has 0 unspecified atom stereocenters. The van der Waals surface area contributed by atoms with Crippen LogP contribution in [0, 0.1) is 0 Å². The number of hydrogen-bond acceptors (Lipinski definition) is 4.